The highest BCUT2D eigenvalue weighted by Gasteiger charge is 2.61. The molecule has 0 atom stereocenters. The number of benzene rings is 7. The Bertz CT molecular complexity index is 2710. The molecular formula is C52H41NO. The van der Waals surface area contributed by atoms with Crippen LogP contribution in [0.1, 0.15) is 43.2 Å². The summed E-state index contributed by atoms with van der Waals surface area (Å²) in [6.45, 7) is 0. The van der Waals surface area contributed by atoms with Crippen LogP contribution < -0.4 is 4.90 Å². The van der Waals surface area contributed by atoms with E-state index in [-0.39, 0.29) is 5.41 Å². The van der Waals surface area contributed by atoms with Crippen LogP contribution in [0.25, 0.3) is 55.3 Å². The Balaban J connectivity index is 1.03. The highest BCUT2D eigenvalue weighted by molar-refractivity contribution is 6.09. The molecule has 0 saturated heterocycles. The fraction of sp³-hybridized carbons (Fsp3) is 0.192. The lowest BCUT2D eigenvalue weighted by molar-refractivity contribution is -0.0399. The summed E-state index contributed by atoms with van der Waals surface area (Å²) in [4.78, 5) is 2.48. The number of para-hydroxylation sites is 3. The van der Waals surface area contributed by atoms with Gasteiger partial charge in [-0.15, -0.1) is 0 Å². The molecule has 5 aliphatic carbocycles. The van der Waals surface area contributed by atoms with Crippen molar-refractivity contribution in [1.29, 1.82) is 0 Å². The summed E-state index contributed by atoms with van der Waals surface area (Å²) in [7, 11) is 0. The monoisotopic (exact) mass is 695 g/mol. The molecule has 2 heteroatoms. The van der Waals surface area contributed by atoms with E-state index in [2.05, 4.69) is 163 Å². The smallest absolute Gasteiger partial charge is 0.143 e. The number of hydrogen-bond donors (Lipinski definition) is 0. The van der Waals surface area contributed by atoms with Gasteiger partial charge in [-0.2, -0.15) is 0 Å². The van der Waals surface area contributed by atoms with E-state index in [9.17, 15) is 0 Å². The molecule has 0 aliphatic heterocycles. The molecule has 0 amide bonds. The standard InChI is InChI=1S/C52H41NO/c1-2-11-35(12-3-1)41-13-5-8-19-49(41)53(39-23-21-36(22-24-39)42-16-10-17-45-44-15-6-9-20-50(44)54-51(42)45)40-25-26-48-46(32-40)43-14-4-7-18-47(43)52(48)37-28-33-27-34(30-37)31-38(52)29-33/h1-26,32-34,37-38H,27-31H2. The Morgan fingerprint density at radius 3 is 1.87 bits per heavy atom. The Hall–Kier alpha value is -5.86. The van der Waals surface area contributed by atoms with Gasteiger partial charge in [0.05, 0.1) is 5.69 Å². The third-order valence-electron chi connectivity index (χ3n) is 13.9. The van der Waals surface area contributed by atoms with E-state index in [1.165, 1.54) is 65.7 Å². The number of furan rings is 1. The fourth-order valence-electron chi connectivity index (χ4n) is 12.0. The van der Waals surface area contributed by atoms with E-state index in [0.717, 1.165) is 62.4 Å². The van der Waals surface area contributed by atoms with Crippen molar-refractivity contribution >= 4 is 39.0 Å². The van der Waals surface area contributed by atoms with E-state index >= 15 is 0 Å². The maximum atomic E-state index is 6.46. The second kappa shape index (κ2) is 11.6. The third-order valence-corrected chi connectivity index (χ3v) is 13.9. The molecule has 4 bridgehead atoms. The zero-order valence-corrected chi connectivity index (χ0v) is 30.3. The minimum Gasteiger partial charge on any atom is -0.455 e. The summed E-state index contributed by atoms with van der Waals surface area (Å²) in [5, 5.41) is 2.31. The number of rotatable bonds is 5. The molecule has 7 aromatic carbocycles. The van der Waals surface area contributed by atoms with E-state index < -0.39 is 0 Å². The summed E-state index contributed by atoms with van der Waals surface area (Å²) in [5.74, 6) is 3.36. The van der Waals surface area contributed by atoms with Gasteiger partial charge < -0.3 is 9.32 Å². The molecule has 1 heterocycles. The lowest BCUT2D eigenvalue weighted by Crippen LogP contribution is -2.55. The molecule has 260 valence electrons. The van der Waals surface area contributed by atoms with Crippen LogP contribution in [-0.4, -0.2) is 0 Å². The van der Waals surface area contributed by atoms with E-state index in [0.29, 0.717) is 0 Å². The molecule has 4 saturated carbocycles. The van der Waals surface area contributed by atoms with Crippen molar-refractivity contribution in [2.45, 2.75) is 37.5 Å². The van der Waals surface area contributed by atoms with Crippen molar-refractivity contribution in [2.24, 2.45) is 23.7 Å². The number of hydrogen-bond acceptors (Lipinski definition) is 2. The normalized spacial score (nSPS) is 23.3. The van der Waals surface area contributed by atoms with Crippen LogP contribution in [-0.2, 0) is 5.41 Å². The summed E-state index contributed by atoms with van der Waals surface area (Å²) in [5.41, 5.74) is 16.3. The Labute approximate surface area is 316 Å². The van der Waals surface area contributed by atoms with Gasteiger partial charge in [-0.1, -0.05) is 127 Å². The van der Waals surface area contributed by atoms with Crippen LogP contribution in [0.3, 0.4) is 0 Å². The lowest BCUT2D eigenvalue weighted by Gasteiger charge is -2.61. The van der Waals surface area contributed by atoms with Crippen molar-refractivity contribution in [1.82, 2.24) is 0 Å². The fourth-order valence-corrected chi connectivity index (χ4v) is 12.0. The maximum Gasteiger partial charge on any atom is 0.143 e. The minimum absolute atomic E-state index is 0.157. The number of anilines is 3. The highest BCUT2D eigenvalue weighted by Crippen LogP contribution is 2.69. The predicted molar refractivity (Wildman–Crippen MR) is 223 cm³/mol. The zero-order valence-electron chi connectivity index (χ0n) is 30.3. The van der Waals surface area contributed by atoms with Gasteiger partial charge in [0.2, 0.25) is 0 Å². The topological polar surface area (TPSA) is 16.4 Å². The van der Waals surface area contributed by atoms with Gasteiger partial charge in [0.1, 0.15) is 11.2 Å². The maximum absolute atomic E-state index is 6.46. The Morgan fingerprint density at radius 2 is 1.06 bits per heavy atom. The van der Waals surface area contributed by atoms with Gasteiger partial charge in [-0.05, 0) is 126 Å². The molecular weight excluding hydrogens is 655 g/mol. The minimum atomic E-state index is 0.157. The van der Waals surface area contributed by atoms with Crippen LogP contribution in [0.2, 0.25) is 0 Å². The average Bonchev–Trinajstić information content (AvgIpc) is 3.75. The average molecular weight is 696 g/mol. The largest absolute Gasteiger partial charge is 0.455 e. The molecule has 1 spiro atoms. The quantitative estimate of drug-likeness (QED) is 0.178. The third kappa shape index (κ3) is 4.28. The number of fused-ring (bicyclic) bond motifs is 6. The van der Waals surface area contributed by atoms with Crippen molar-refractivity contribution in [3.8, 4) is 33.4 Å². The molecule has 0 N–H and O–H groups in total. The van der Waals surface area contributed by atoms with E-state index in [1.54, 1.807) is 11.1 Å². The first-order valence-electron chi connectivity index (χ1n) is 19.9. The van der Waals surface area contributed by atoms with Crippen LogP contribution in [0.4, 0.5) is 17.1 Å². The first kappa shape index (κ1) is 30.6. The molecule has 1 aromatic heterocycles. The lowest BCUT2D eigenvalue weighted by atomic mass is 9.43. The van der Waals surface area contributed by atoms with Gasteiger partial charge in [0.25, 0.3) is 0 Å². The van der Waals surface area contributed by atoms with Crippen molar-refractivity contribution in [3.05, 3.63) is 175 Å². The second-order valence-corrected chi connectivity index (χ2v) is 16.5. The first-order chi connectivity index (χ1) is 26.7. The predicted octanol–water partition coefficient (Wildman–Crippen LogP) is 14.1. The van der Waals surface area contributed by atoms with Crippen molar-refractivity contribution in [2.75, 3.05) is 4.90 Å². The van der Waals surface area contributed by atoms with Crippen molar-refractivity contribution < 1.29 is 4.42 Å². The summed E-state index contributed by atoms with van der Waals surface area (Å²) in [6.07, 6.45) is 7.05. The van der Waals surface area contributed by atoms with Gasteiger partial charge in [-0.3, -0.25) is 0 Å². The molecule has 2 nitrogen and oxygen atoms in total. The molecule has 13 rings (SSSR count). The van der Waals surface area contributed by atoms with Crippen LogP contribution >= 0.6 is 0 Å². The van der Waals surface area contributed by atoms with E-state index in [1.807, 2.05) is 6.07 Å². The van der Waals surface area contributed by atoms with Gasteiger partial charge in [0, 0.05) is 38.7 Å². The molecule has 4 fully saturated rings. The summed E-state index contributed by atoms with van der Waals surface area (Å²) >= 11 is 0. The summed E-state index contributed by atoms with van der Waals surface area (Å²) in [6, 6.07) is 60.6. The highest BCUT2D eigenvalue weighted by atomic mass is 16.3. The zero-order chi connectivity index (χ0) is 35.4. The molecule has 0 radical (unpaired) electrons. The van der Waals surface area contributed by atoms with Crippen molar-refractivity contribution in [3.63, 3.8) is 0 Å². The van der Waals surface area contributed by atoms with Crippen LogP contribution in [0.5, 0.6) is 0 Å². The number of nitrogens with zero attached hydrogens (tertiary/aromatic N) is 1. The molecule has 54 heavy (non-hydrogen) atoms. The second-order valence-electron chi connectivity index (χ2n) is 16.5. The first-order valence-corrected chi connectivity index (χ1v) is 19.9. The Kier molecular flexibility index (Phi) is 6.55. The van der Waals surface area contributed by atoms with E-state index in [4.69, 9.17) is 4.42 Å². The van der Waals surface area contributed by atoms with Gasteiger partial charge in [-0.25, -0.2) is 0 Å². The van der Waals surface area contributed by atoms with Gasteiger partial charge in [0.15, 0.2) is 0 Å². The summed E-state index contributed by atoms with van der Waals surface area (Å²) < 4.78 is 6.46. The van der Waals surface area contributed by atoms with Crippen LogP contribution in [0, 0.1) is 23.7 Å². The Morgan fingerprint density at radius 1 is 0.444 bits per heavy atom. The van der Waals surface area contributed by atoms with Crippen LogP contribution in [0.15, 0.2) is 168 Å². The van der Waals surface area contributed by atoms with Gasteiger partial charge >= 0.3 is 0 Å². The molecule has 5 aliphatic rings. The molecule has 0 unspecified atom stereocenters. The molecule has 8 aromatic rings. The SMILES string of the molecule is c1ccc(-c2ccccc2N(c2ccc(-c3cccc4c3oc3ccccc34)cc2)c2ccc3c(c2)-c2ccccc2C32C3CC4CC(C3)CC2C4)cc1.